The summed E-state index contributed by atoms with van der Waals surface area (Å²) in [5.41, 5.74) is -0.814. The van der Waals surface area contributed by atoms with Gasteiger partial charge < -0.3 is 14.6 Å². The Labute approximate surface area is 129 Å². The van der Waals surface area contributed by atoms with E-state index in [4.69, 9.17) is 9.47 Å². The van der Waals surface area contributed by atoms with E-state index in [1.807, 2.05) is 13.0 Å². The molecule has 2 heterocycles. The number of ether oxygens (including phenoxy) is 2. The van der Waals surface area contributed by atoms with Gasteiger partial charge in [0.2, 0.25) is 0 Å². The third-order valence-electron chi connectivity index (χ3n) is 6.77. The molecule has 2 aliphatic carbocycles. The van der Waals surface area contributed by atoms with Crippen LogP contribution in [0.2, 0.25) is 0 Å². The van der Waals surface area contributed by atoms with Gasteiger partial charge in [0, 0.05) is 12.3 Å². The summed E-state index contributed by atoms with van der Waals surface area (Å²) >= 11 is 0. The Hall–Kier alpha value is -1.20. The number of carbonyl (C=O) groups is 2. The molecule has 4 aliphatic rings. The Morgan fingerprint density at radius 3 is 2.64 bits per heavy atom. The molecule has 0 radical (unpaired) electrons. The molecule has 0 amide bonds. The highest BCUT2D eigenvalue weighted by molar-refractivity contribution is 5.93. The fourth-order valence-corrected chi connectivity index (χ4v) is 5.25. The summed E-state index contributed by atoms with van der Waals surface area (Å²) in [6.45, 7) is 7.21. The smallest absolute Gasteiger partial charge is 0.318 e. The number of esters is 1. The van der Waals surface area contributed by atoms with Gasteiger partial charge in [-0.2, -0.15) is 0 Å². The third kappa shape index (κ3) is 1.30. The normalized spacial score (nSPS) is 56.3. The molecule has 1 saturated carbocycles. The van der Waals surface area contributed by atoms with Gasteiger partial charge in [0.25, 0.3) is 0 Å². The second-order valence-electron chi connectivity index (χ2n) is 7.82. The van der Waals surface area contributed by atoms with Gasteiger partial charge in [-0.15, -0.1) is 0 Å². The van der Waals surface area contributed by atoms with Crippen molar-refractivity contribution in [3.63, 3.8) is 0 Å². The lowest BCUT2D eigenvalue weighted by Crippen LogP contribution is -2.46. The van der Waals surface area contributed by atoms with Crippen molar-refractivity contribution in [2.75, 3.05) is 0 Å². The first-order valence-electron chi connectivity index (χ1n) is 7.99. The standard InChI is InChI=1S/C17H22O5/c1-8-7-10-12-13(15(2)9(8)5-6-11(15)18)22-17(4,20)16(12,3)14(19)21-10/h5,8,10,12-13,20H,6-7H2,1-4H3. The second kappa shape index (κ2) is 3.82. The van der Waals surface area contributed by atoms with Gasteiger partial charge in [-0.25, -0.2) is 0 Å². The highest BCUT2D eigenvalue weighted by atomic mass is 16.7. The topological polar surface area (TPSA) is 72.8 Å². The molecule has 5 nitrogen and oxygen atoms in total. The van der Waals surface area contributed by atoms with Crippen LogP contribution in [-0.4, -0.2) is 34.9 Å². The van der Waals surface area contributed by atoms with Crippen molar-refractivity contribution in [3.8, 4) is 0 Å². The lowest BCUT2D eigenvalue weighted by molar-refractivity contribution is -0.235. The van der Waals surface area contributed by atoms with Crippen molar-refractivity contribution in [1.29, 1.82) is 0 Å². The zero-order chi connectivity index (χ0) is 16.1. The van der Waals surface area contributed by atoms with Crippen LogP contribution in [0.5, 0.6) is 0 Å². The van der Waals surface area contributed by atoms with E-state index in [1.54, 1.807) is 6.92 Å². The molecule has 120 valence electrons. The first-order valence-corrected chi connectivity index (χ1v) is 7.99. The number of allylic oxidation sites excluding steroid dienone is 1. The molecule has 0 bridgehead atoms. The van der Waals surface area contributed by atoms with Crippen molar-refractivity contribution in [3.05, 3.63) is 11.6 Å². The lowest BCUT2D eigenvalue weighted by Gasteiger charge is -2.35. The van der Waals surface area contributed by atoms with Gasteiger partial charge in [0.15, 0.2) is 5.79 Å². The number of aliphatic hydroxyl groups is 1. The number of carbonyl (C=O) groups excluding carboxylic acids is 2. The second-order valence-corrected chi connectivity index (χ2v) is 7.82. The van der Waals surface area contributed by atoms with Crippen molar-refractivity contribution >= 4 is 11.8 Å². The molecule has 0 aromatic rings. The predicted octanol–water partition coefficient (Wildman–Crippen LogP) is 1.59. The number of ketones is 1. The first-order chi connectivity index (χ1) is 10.1. The van der Waals surface area contributed by atoms with E-state index in [2.05, 4.69) is 6.92 Å². The summed E-state index contributed by atoms with van der Waals surface area (Å²) in [5.74, 6) is -2.06. The Bertz CT molecular complexity index is 621. The summed E-state index contributed by atoms with van der Waals surface area (Å²) in [6.07, 6.45) is 2.26. The van der Waals surface area contributed by atoms with Crippen LogP contribution >= 0.6 is 0 Å². The minimum absolute atomic E-state index is 0.111. The average molecular weight is 306 g/mol. The molecule has 22 heavy (non-hydrogen) atoms. The highest BCUT2D eigenvalue weighted by Gasteiger charge is 2.76. The predicted molar refractivity (Wildman–Crippen MR) is 76.6 cm³/mol. The molecule has 0 spiro atoms. The number of fused-ring (bicyclic) bond motifs is 2. The molecule has 7 unspecified atom stereocenters. The summed E-state index contributed by atoms with van der Waals surface area (Å²) in [7, 11) is 0. The van der Waals surface area contributed by atoms with Crippen molar-refractivity contribution < 1.29 is 24.2 Å². The van der Waals surface area contributed by atoms with Gasteiger partial charge in [-0.3, -0.25) is 9.59 Å². The largest absolute Gasteiger partial charge is 0.461 e. The van der Waals surface area contributed by atoms with Gasteiger partial charge in [0.05, 0.1) is 11.5 Å². The van der Waals surface area contributed by atoms with E-state index in [9.17, 15) is 14.7 Å². The van der Waals surface area contributed by atoms with Crippen molar-refractivity contribution in [2.24, 2.45) is 22.7 Å². The highest BCUT2D eigenvalue weighted by Crippen LogP contribution is 2.64. The fraction of sp³-hybridized carbons (Fsp3) is 0.765. The van der Waals surface area contributed by atoms with Crippen molar-refractivity contribution in [2.45, 2.75) is 58.5 Å². The zero-order valence-corrected chi connectivity index (χ0v) is 13.4. The SMILES string of the molecule is CC1CC2OC(=O)C3(C)C2C(OC3(C)O)C2(C)C(=O)CC=C12. The molecule has 7 atom stereocenters. The molecule has 1 N–H and O–H groups in total. The number of rotatable bonds is 0. The van der Waals surface area contributed by atoms with E-state index >= 15 is 0 Å². The lowest BCUT2D eigenvalue weighted by atomic mass is 9.65. The molecular weight excluding hydrogens is 284 g/mol. The maximum Gasteiger partial charge on any atom is 0.318 e. The van der Waals surface area contributed by atoms with Gasteiger partial charge in [-0.05, 0) is 33.1 Å². The van der Waals surface area contributed by atoms with Gasteiger partial charge >= 0.3 is 5.97 Å². The summed E-state index contributed by atoms with van der Waals surface area (Å²) in [4.78, 5) is 25.1. The number of hydrogen-bond acceptors (Lipinski definition) is 5. The van der Waals surface area contributed by atoms with Crippen LogP contribution in [-0.2, 0) is 19.1 Å². The van der Waals surface area contributed by atoms with Crippen LogP contribution in [0.4, 0.5) is 0 Å². The molecular formula is C17H22O5. The Morgan fingerprint density at radius 2 is 1.95 bits per heavy atom. The van der Waals surface area contributed by atoms with E-state index in [1.165, 1.54) is 6.92 Å². The first kappa shape index (κ1) is 14.4. The van der Waals surface area contributed by atoms with Crippen LogP contribution in [0.3, 0.4) is 0 Å². The zero-order valence-electron chi connectivity index (χ0n) is 13.4. The number of hydrogen-bond donors (Lipinski definition) is 1. The Balaban J connectivity index is 1.93. The van der Waals surface area contributed by atoms with E-state index in [-0.39, 0.29) is 23.7 Å². The Morgan fingerprint density at radius 1 is 1.27 bits per heavy atom. The molecule has 5 heteroatoms. The maximum atomic E-state index is 12.7. The minimum Gasteiger partial charge on any atom is -0.461 e. The van der Waals surface area contributed by atoms with E-state index in [0.29, 0.717) is 12.8 Å². The van der Waals surface area contributed by atoms with Crippen LogP contribution in [0.15, 0.2) is 11.6 Å². The van der Waals surface area contributed by atoms with Crippen molar-refractivity contribution in [1.82, 2.24) is 0 Å². The summed E-state index contributed by atoms with van der Waals surface area (Å²) in [5, 5.41) is 10.8. The van der Waals surface area contributed by atoms with E-state index in [0.717, 1.165) is 5.57 Å². The minimum atomic E-state index is -1.62. The molecule has 3 fully saturated rings. The van der Waals surface area contributed by atoms with E-state index < -0.39 is 28.7 Å². The van der Waals surface area contributed by atoms with Crippen LogP contribution in [0.1, 0.15) is 40.5 Å². The Kier molecular flexibility index (Phi) is 2.50. The molecule has 2 saturated heterocycles. The van der Waals surface area contributed by atoms with Crippen LogP contribution in [0.25, 0.3) is 0 Å². The molecule has 2 aliphatic heterocycles. The fourth-order valence-electron chi connectivity index (χ4n) is 5.25. The van der Waals surface area contributed by atoms with Crippen LogP contribution in [0, 0.1) is 22.7 Å². The summed E-state index contributed by atoms with van der Waals surface area (Å²) in [6, 6.07) is 0. The molecule has 4 rings (SSSR count). The monoisotopic (exact) mass is 306 g/mol. The summed E-state index contributed by atoms with van der Waals surface area (Å²) < 4.78 is 11.6. The third-order valence-corrected chi connectivity index (χ3v) is 6.77. The number of Topliss-reactive ketones (excluding diaryl/α,β-unsaturated/α-hetero) is 1. The van der Waals surface area contributed by atoms with Gasteiger partial charge in [0.1, 0.15) is 17.3 Å². The maximum absolute atomic E-state index is 12.7. The average Bonchev–Trinajstić information content (AvgIpc) is 2.91. The van der Waals surface area contributed by atoms with Gasteiger partial charge in [-0.1, -0.05) is 18.6 Å². The molecule has 0 aromatic heterocycles. The molecule has 0 aromatic carbocycles. The quantitative estimate of drug-likeness (QED) is 0.543. The van der Waals surface area contributed by atoms with Crippen LogP contribution < -0.4 is 0 Å².